The quantitative estimate of drug-likeness (QED) is 0.788. The molecule has 1 fully saturated rings. The Morgan fingerprint density at radius 1 is 1.36 bits per heavy atom. The van der Waals surface area contributed by atoms with Crippen molar-refractivity contribution < 1.29 is 14.3 Å². The number of carbonyl (C=O) groups excluding carboxylic acids is 2. The van der Waals surface area contributed by atoms with Gasteiger partial charge in [-0.15, -0.1) is 0 Å². The molecule has 2 rings (SSSR count). The van der Waals surface area contributed by atoms with Gasteiger partial charge in [0.1, 0.15) is 5.60 Å². The molecular formula is C17H24N2O3. The molecule has 0 saturated carbocycles. The van der Waals surface area contributed by atoms with E-state index in [1.165, 1.54) is 0 Å². The van der Waals surface area contributed by atoms with E-state index in [-0.39, 0.29) is 17.8 Å². The third-order valence-corrected chi connectivity index (χ3v) is 3.69. The first-order valence-electron chi connectivity index (χ1n) is 7.71. The molecule has 22 heavy (non-hydrogen) atoms. The summed E-state index contributed by atoms with van der Waals surface area (Å²) in [4.78, 5) is 30.7. The Labute approximate surface area is 131 Å². The maximum atomic E-state index is 12.6. The van der Waals surface area contributed by atoms with E-state index < -0.39 is 5.60 Å². The number of aryl methyl sites for hydroxylation is 1. The highest BCUT2D eigenvalue weighted by atomic mass is 16.6. The molecule has 1 saturated heterocycles. The van der Waals surface area contributed by atoms with Crippen molar-refractivity contribution in [1.29, 1.82) is 0 Å². The number of piperidine rings is 1. The van der Waals surface area contributed by atoms with E-state index in [0.717, 1.165) is 12.8 Å². The van der Waals surface area contributed by atoms with Gasteiger partial charge in [-0.1, -0.05) is 0 Å². The van der Waals surface area contributed by atoms with Crippen molar-refractivity contribution in [3.8, 4) is 0 Å². The van der Waals surface area contributed by atoms with E-state index >= 15 is 0 Å². The van der Waals surface area contributed by atoms with Gasteiger partial charge in [0.25, 0.3) is 5.91 Å². The summed E-state index contributed by atoms with van der Waals surface area (Å²) in [5, 5.41) is 0. The predicted octanol–water partition coefficient (Wildman–Crippen LogP) is 2.58. The Balaban J connectivity index is 2.06. The Kier molecular flexibility index (Phi) is 4.84. The number of nitrogens with zero attached hydrogens (tertiary/aromatic N) is 2. The molecule has 0 bridgehead atoms. The van der Waals surface area contributed by atoms with E-state index in [9.17, 15) is 9.59 Å². The number of likely N-dealkylation sites (tertiary alicyclic amines) is 1. The molecule has 0 aromatic carbocycles. The van der Waals surface area contributed by atoms with Gasteiger partial charge < -0.3 is 9.64 Å². The predicted molar refractivity (Wildman–Crippen MR) is 83.4 cm³/mol. The van der Waals surface area contributed by atoms with Crippen LogP contribution >= 0.6 is 0 Å². The van der Waals surface area contributed by atoms with Crippen molar-refractivity contribution in [2.75, 3.05) is 13.1 Å². The van der Waals surface area contributed by atoms with Crippen LogP contribution in [-0.2, 0) is 9.53 Å². The van der Waals surface area contributed by atoms with Crippen LogP contribution in [0.4, 0.5) is 0 Å². The molecule has 1 atom stereocenters. The molecule has 5 heteroatoms. The highest BCUT2D eigenvalue weighted by molar-refractivity contribution is 5.95. The number of aromatic nitrogens is 1. The van der Waals surface area contributed by atoms with Crippen molar-refractivity contribution in [3.05, 3.63) is 29.6 Å². The number of esters is 1. The standard InChI is InChI=1S/C17H24N2O3/c1-12-14(8-5-9-18-12)15(20)19-10-6-7-13(11-19)16(21)22-17(2,3)4/h5,8-9,13H,6-7,10-11H2,1-4H3/t13-/m1/s1. The summed E-state index contributed by atoms with van der Waals surface area (Å²) in [5.74, 6) is -0.513. The second-order valence-corrected chi connectivity index (χ2v) is 6.76. The number of rotatable bonds is 2. The van der Waals surface area contributed by atoms with Gasteiger partial charge in [0, 0.05) is 25.0 Å². The summed E-state index contributed by atoms with van der Waals surface area (Å²) in [6, 6.07) is 3.54. The van der Waals surface area contributed by atoms with Crippen molar-refractivity contribution in [2.45, 2.75) is 46.1 Å². The topological polar surface area (TPSA) is 59.5 Å². The van der Waals surface area contributed by atoms with Gasteiger partial charge in [-0.3, -0.25) is 14.6 Å². The van der Waals surface area contributed by atoms with Crippen LogP contribution in [0.2, 0.25) is 0 Å². The molecule has 1 aliphatic heterocycles. The molecule has 5 nitrogen and oxygen atoms in total. The van der Waals surface area contributed by atoms with Crippen LogP contribution in [0.1, 0.15) is 49.7 Å². The van der Waals surface area contributed by atoms with Gasteiger partial charge in [0.05, 0.1) is 11.5 Å². The van der Waals surface area contributed by atoms with E-state index in [1.807, 2.05) is 27.7 Å². The van der Waals surface area contributed by atoms with E-state index in [2.05, 4.69) is 4.98 Å². The average Bonchev–Trinajstić information content (AvgIpc) is 2.45. The largest absolute Gasteiger partial charge is 0.460 e. The summed E-state index contributed by atoms with van der Waals surface area (Å²) in [7, 11) is 0. The molecule has 0 N–H and O–H groups in total. The molecule has 1 aromatic heterocycles. The molecule has 1 amide bonds. The Bertz CT molecular complexity index is 563. The van der Waals surface area contributed by atoms with Gasteiger partial charge in [0.15, 0.2) is 0 Å². The lowest BCUT2D eigenvalue weighted by atomic mass is 9.97. The lowest BCUT2D eigenvalue weighted by molar-refractivity contribution is -0.161. The zero-order valence-electron chi connectivity index (χ0n) is 13.8. The average molecular weight is 304 g/mol. The monoisotopic (exact) mass is 304 g/mol. The molecular weight excluding hydrogens is 280 g/mol. The smallest absolute Gasteiger partial charge is 0.311 e. The van der Waals surface area contributed by atoms with Gasteiger partial charge >= 0.3 is 5.97 Å². The molecule has 120 valence electrons. The van der Waals surface area contributed by atoms with Gasteiger partial charge in [-0.05, 0) is 52.7 Å². The van der Waals surface area contributed by atoms with Crippen molar-refractivity contribution in [3.63, 3.8) is 0 Å². The number of amides is 1. The summed E-state index contributed by atoms with van der Waals surface area (Å²) < 4.78 is 5.45. The molecule has 2 heterocycles. The van der Waals surface area contributed by atoms with E-state index in [4.69, 9.17) is 4.74 Å². The molecule has 0 radical (unpaired) electrons. The fourth-order valence-corrected chi connectivity index (χ4v) is 2.62. The van der Waals surface area contributed by atoms with Crippen LogP contribution in [0.15, 0.2) is 18.3 Å². The SMILES string of the molecule is Cc1ncccc1C(=O)N1CCC[C@@H](C(=O)OC(C)(C)C)C1. The van der Waals surface area contributed by atoms with Crippen LogP contribution in [0.25, 0.3) is 0 Å². The first kappa shape index (κ1) is 16.5. The second kappa shape index (κ2) is 6.46. The highest BCUT2D eigenvalue weighted by Gasteiger charge is 2.32. The normalized spacial score (nSPS) is 18.9. The first-order valence-corrected chi connectivity index (χ1v) is 7.71. The Morgan fingerprint density at radius 2 is 2.09 bits per heavy atom. The van der Waals surface area contributed by atoms with E-state index in [1.54, 1.807) is 23.2 Å². The van der Waals surface area contributed by atoms with Crippen LogP contribution in [0.3, 0.4) is 0 Å². The van der Waals surface area contributed by atoms with E-state index in [0.29, 0.717) is 24.3 Å². The fraction of sp³-hybridized carbons (Fsp3) is 0.588. The third kappa shape index (κ3) is 4.06. The van der Waals surface area contributed by atoms with Gasteiger partial charge in [0.2, 0.25) is 0 Å². The van der Waals surface area contributed by atoms with Crippen LogP contribution in [-0.4, -0.2) is 40.5 Å². The minimum atomic E-state index is -0.497. The van der Waals surface area contributed by atoms with Crippen LogP contribution in [0, 0.1) is 12.8 Å². The Morgan fingerprint density at radius 3 is 2.73 bits per heavy atom. The van der Waals surface area contributed by atoms with Crippen LogP contribution < -0.4 is 0 Å². The summed E-state index contributed by atoms with van der Waals surface area (Å²) in [6.45, 7) is 8.48. The summed E-state index contributed by atoms with van der Waals surface area (Å²) in [6.07, 6.45) is 3.26. The fourth-order valence-electron chi connectivity index (χ4n) is 2.62. The minimum Gasteiger partial charge on any atom is -0.460 e. The number of pyridine rings is 1. The molecule has 1 aromatic rings. The van der Waals surface area contributed by atoms with Crippen molar-refractivity contribution in [2.24, 2.45) is 5.92 Å². The zero-order chi connectivity index (χ0) is 16.3. The maximum Gasteiger partial charge on any atom is 0.311 e. The summed E-state index contributed by atoms with van der Waals surface area (Å²) in [5.41, 5.74) is 0.822. The number of hydrogen-bond acceptors (Lipinski definition) is 4. The molecule has 0 unspecified atom stereocenters. The first-order chi connectivity index (χ1) is 10.3. The van der Waals surface area contributed by atoms with Crippen LogP contribution in [0.5, 0.6) is 0 Å². The molecule has 0 spiro atoms. The Hall–Kier alpha value is -1.91. The number of carbonyl (C=O) groups is 2. The zero-order valence-corrected chi connectivity index (χ0v) is 13.8. The maximum absolute atomic E-state index is 12.6. The third-order valence-electron chi connectivity index (χ3n) is 3.69. The van der Waals surface area contributed by atoms with Crippen molar-refractivity contribution in [1.82, 2.24) is 9.88 Å². The van der Waals surface area contributed by atoms with Gasteiger partial charge in [-0.2, -0.15) is 0 Å². The number of ether oxygens (including phenoxy) is 1. The van der Waals surface area contributed by atoms with Crippen molar-refractivity contribution >= 4 is 11.9 Å². The minimum absolute atomic E-state index is 0.0566. The molecule has 1 aliphatic rings. The lowest BCUT2D eigenvalue weighted by Crippen LogP contribution is -2.44. The molecule has 0 aliphatic carbocycles. The summed E-state index contributed by atoms with van der Waals surface area (Å²) >= 11 is 0. The lowest BCUT2D eigenvalue weighted by Gasteiger charge is -2.33. The second-order valence-electron chi connectivity index (χ2n) is 6.76. The number of hydrogen-bond donors (Lipinski definition) is 0. The highest BCUT2D eigenvalue weighted by Crippen LogP contribution is 2.22. The van der Waals surface area contributed by atoms with Gasteiger partial charge in [-0.25, -0.2) is 0 Å².